The first-order valence-electron chi connectivity index (χ1n) is 8.94. The van der Waals surface area contributed by atoms with E-state index in [0.717, 1.165) is 46.5 Å². The van der Waals surface area contributed by atoms with Crippen LogP contribution in [0, 0.1) is 5.41 Å². The molecule has 1 N–H and O–H groups in total. The van der Waals surface area contributed by atoms with Gasteiger partial charge in [-0.1, -0.05) is 25.3 Å². The quantitative estimate of drug-likeness (QED) is 0.618. The third-order valence-corrected chi connectivity index (χ3v) is 7.05. The molecule has 3 heterocycles. The second-order valence-corrected chi connectivity index (χ2v) is 8.71. The zero-order chi connectivity index (χ0) is 18.0. The largest absolute Gasteiger partial charge is 0.375 e. The molecule has 1 atom stereocenters. The van der Waals surface area contributed by atoms with E-state index < -0.39 is 5.41 Å². The molecule has 6 heteroatoms. The molecular formula is C20H22N2O2S2. The highest BCUT2D eigenvalue weighted by Gasteiger charge is 2.47. The van der Waals surface area contributed by atoms with E-state index in [9.17, 15) is 4.79 Å². The Kier molecular flexibility index (Phi) is 5.07. The fourth-order valence-electron chi connectivity index (χ4n) is 4.03. The summed E-state index contributed by atoms with van der Waals surface area (Å²) in [6.45, 7) is 0. The Labute approximate surface area is 161 Å². The van der Waals surface area contributed by atoms with Crippen molar-refractivity contribution in [3.05, 3.63) is 46.1 Å². The molecule has 1 fully saturated rings. The minimum atomic E-state index is -0.526. The second-order valence-electron chi connectivity index (χ2n) is 6.84. The van der Waals surface area contributed by atoms with E-state index in [2.05, 4.69) is 16.4 Å². The summed E-state index contributed by atoms with van der Waals surface area (Å²) in [5.74, 6) is 0.0498. The number of carbonyl (C=O) groups excluding carboxylic acids is 1. The van der Waals surface area contributed by atoms with Gasteiger partial charge in [0.1, 0.15) is 10.9 Å². The van der Waals surface area contributed by atoms with Crippen LogP contribution in [-0.4, -0.2) is 18.0 Å². The van der Waals surface area contributed by atoms with Crippen molar-refractivity contribution in [2.24, 2.45) is 5.41 Å². The summed E-state index contributed by atoms with van der Waals surface area (Å²) in [5.41, 5.74) is 0.230. The third-order valence-electron chi connectivity index (χ3n) is 5.30. The van der Waals surface area contributed by atoms with Crippen molar-refractivity contribution in [1.82, 2.24) is 4.98 Å². The van der Waals surface area contributed by atoms with Crippen LogP contribution >= 0.6 is 22.7 Å². The Morgan fingerprint density at radius 1 is 1.23 bits per heavy atom. The van der Waals surface area contributed by atoms with Crippen molar-refractivity contribution >= 4 is 44.5 Å². The predicted octanol–water partition coefficient (Wildman–Crippen LogP) is 5.63. The van der Waals surface area contributed by atoms with Gasteiger partial charge in [-0.15, -0.1) is 22.7 Å². The summed E-state index contributed by atoms with van der Waals surface area (Å²) >= 11 is 3.27. The summed E-state index contributed by atoms with van der Waals surface area (Å²) < 4.78 is 5.89. The molecule has 1 saturated carbocycles. The van der Waals surface area contributed by atoms with Crippen molar-refractivity contribution in [2.75, 3.05) is 12.4 Å². The average Bonchev–Trinajstić information content (AvgIpc) is 3.34. The van der Waals surface area contributed by atoms with E-state index in [1.54, 1.807) is 36.0 Å². The summed E-state index contributed by atoms with van der Waals surface area (Å²) in [4.78, 5) is 20.0. The predicted molar refractivity (Wildman–Crippen MR) is 108 cm³/mol. The third kappa shape index (κ3) is 3.17. The lowest BCUT2D eigenvalue weighted by molar-refractivity contribution is -0.138. The lowest BCUT2D eigenvalue weighted by Gasteiger charge is -2.41. The van der Waals surface area contributed by atoms with Crippen molar-refractivity contribution in [2.45, 2.75) is 38.2 Å². The van der Waals surface area contributed by atoms with Gasteiger partial charge in [0.2, 0.25) is 5.91 Å². The summed E-state index contributed by atoms with van der Waals surface area (Å²) in [6, 6.07) is 8.12. The Morgan fingerprint density at radius 2 is 2.08 bits per heavy atom. The molecule has 4 nitrogen and oxygen atoms in total. The van der Waals surface area contributed by atoms with Crippen molar-refractivity contribution in [3.63, 3.8) is 0 Å². The summed E-state index contributed by atoms with van der Waals surface area (Å²) in [6.07, 6.45) is 6.53. The van der Waals surface area contributed by atoms with Crippen molar-refractivity contribution < 1.29 is 9.53 Å². The normalized spacial score (nSPS) is 17.9. The van der Waals surface area contributed by atoms with Gasteiger partial charge >= 0.3 is 0 Å². The SMILES string of the molecule is COC(c1cccs1)C1(C(=O)Nc2cnc3sccc3c2)CCCCC1. The molecule has 3 aromatic heterocycles. The molecule has 0 aliphatic heterocycles. The molecule has 0 radical (unpaired) electrons. The Bertz CT molecular complexity index is 882. The number of nitrogens with one attached hydrogen (secondary N) is 1. The number of pyridine rings is 1. The topological polar surface area (TPSA) is 51.2 Å². The maximum atomic E-state index is 13.4. The lowest BCUT2D eigenvalue weighted by atomic mass is 9.69. The van der Waals surface area contributed by atoms with E-state index in [0.29, 0.717) is 0 Å². The van der Waals surface area contributed by atoms with Gasteiger partial charge in [-0.05, 0) is 41.8 Å². The number of amides is 1. The minimum Gasteiger partial charge on any atom is -0.375 e. The lowest BCUT2D eigenvalue weighted by Crippen LogP contribution is -2.43. The van der Waals surface area contributed by atoms with E-state index in [1.165, 1.54) is 6.42 Å². The molecular weight excluding hydrogens is 364 g/mol. The molecule has 26 heavy (non-hydrogen) atoms. The molecule has 1 aliphatic carbocycles. The number of aromatic nitrogens is 1. The fraction of sp³-hybridized carbons (Fsp3) is 0.400. The van der Waals surface area contributed by atoms with Gasteiger partial charge in [0.15, 0.2) is 0 Å². The maximum absolute atomic E-state index is 13.4. The van der Waals surface area contributed by atoms with Gasteiger partial charge in [0.05, 0.1) is 17.3 Å². The molecule has 1 amide bonds. The van der Waals surface area contributed by atoms with Gasteiger partial charge in [-0.25, -0.2) is 4.98 Å². The highest BCUT2D eigenvalue weighted by Crippen LogP contribution is 2.49. The van der Waals surface area contributed by atoms with Crippen LogP contribution < -0.4 is 5.32 Å². The van der Waals surface area contributed by atoms with Gasteiger partial charge in [0, 0.05) is 17.4 Å². The Morgan fingerprint density at radius 3 is 2.81 bits per heavy atom. The van der Waals surface area contributed by atoms with Crippen LogP contribution in [0.5, 0.6) is 0 Å². The number of hydrogen-bond acceptors (Lipinski definition) is 5. The van der Waals surface area contributed by atoms with E-state index in [-0.39, 0.29) is 12.0 Å². The smallest absolute Gasteiger partial charge is 0.233 e. The zero-order valence-electron chi connectivity index (χ0n) is 14.7. The van der Waals surface area contributed by atoms with E-state index in [1.807, 2.05) is 29.0 Å². The number of fused-ring (bicyclic) bond motifs is 1. The molecule has 136 valence electrons. The van der Waals surface area contributed by atoms with Crippen LogP contribution in [0.3, 0.4) is 0 Å². The van der Waals surface area contributed by atoms with Crippen LogP contribution in [0.1, 0.15) is 43.1 Å². The summed E-state index contributed by atoms with van der Waals surface area (Å²) in [5, 5.41) is 8.26. The standard InChI is InChI=1S/C20H22N2O2S2/c1-24-17(16-6-5-10-25-16)20(8-3-2-4-9-20)19(23)22-15-12-14-7-11-26-18(14)21-13-15/h5-7,10-13,17H,2-4,8-9H2,1H3,(H,22,23). The van der Waals surface area contributed by atoms with Crippen LogP contribution in [0.25, 0.3) is 10.2 Å². The molecule has 0 aromatic carbocycles. The van der Waals surface area contributed by atoms with Gasteiger partial charge in [-0.3, -0.25) is 4.79 Å². The number of carbonyl (C=O) groups is 1. The van der Waals surface area contributed by atoms with Crippen LogP contribution in [0.4, 0.5) is 5.69 Å². The van der Waals surface area contributed by atoms with Crippen molar-refractivity contribution in [3.8, 4) is 0 Å². The monoisotopic (exact) mass is 386 g/mol. The molecule has 3 aromatic rings. The molecule has 0 spiro atoms. The number of ether oxygens (including phenoxy) is 1. The number of thiophene rings is 2. The molecule has 4 rings (SSSR count). The van der Waals surface area contributed by atoms with Crippen LogP contribution in [-0.2, 0) is 9.53 Å². The fourth-order valence-corrected chi connectivity index (χ4v) is 5.67. The second kappa shape index (κ2) is 7.47. The number of anilines is 1. The van der Waals surface area contributed by atoms with Crippen molar-refractivity contribution in [1.29, 1.82) is 0 Å². The molecule has 0 bridgehead atoms. The first-order chi connectivity index (χ1) is 12.7. The van der Waals surface area contributed by atoms with E-state index >= 15 is 0 Å². The maximum Gasteiger partial charge on any atom is 0.233 e. The zero-order valence-corrected chi connectivity index (χ0v) is 16.4. The average molecular weight is 387 g/mol. The van der Waals surface area contributed by atoms with Gasteiger partial charge < -0.3 is 10.1 Å². The Hall–Kier alpha value is -1.76. The minimum absolute atomic E-state index is 0.0498. The Balaban J connectivity index is 1.65. The molecule has 0 saturated heterocycles. The van der Waals surface area contributed by atoms with E-state index in [4.69, 9.17) is 4.74 Å². The number of hydrogen-bond donors (Lipinski definition) is 1. The van der Waals surface area contributed by atoms with Gasteiger partial charge in [-0.2, -0.15) is 0 Å². The highest BCUT2D eigenvalue weighted by molar-refractivity contribution is 7.16. The number of nitrogens with zero attached hydrogens (tertiary/aromatic N) is 1. The highest BCUT2D eigenvalue weighted by atomic mass is 32.1. The molecule has 1 aliphatic rings. The van der Waals surface area contributed by atoms with Gasteiger partial charge in [0.25, 0.3) is 0 Å². The van der Waals surface area contributed by atoms with Crippen LogP contribution in [0.2, 0.25) is 0 Å². The van der Waals surface area contributed by atoms with Crippen LogP contribution in [0.15, 0.2) is 41.2 Å². The number of rotatable bonds is 5. The molecule has 1 unspecified atom stereocenters. The number of methoxy groups -OCH3 is 1. The summed E-state index contributed by atoms with van der Waals surface area (Å²) in [7, 11) is 1.72. The first-order valence-corrected chi connectivity index (χ1v) is 10.7. The first kappa shape index (κ1) is 17.6.